The molecule has 0 bridgehead atoms. The molecule has 0 radical (unpaired) electrons. The zero-order chi connectivity index (χ0) is 13.0. The minimum Gasteiger partial charge on any atom is -0.493 e. The summed E-state index contributed by atoms with van der Waals surface area (Å²) < 4.78 is 5.47. The van der Waals surface area contributed by atoms with Crippen LogP contribution in [-0.4, -0.2) is 37.6 Å². The van der Waals surface area contributed by atoms with Crippen LogP contribution in [0, 0.1) is 0 Å². The molecule has 4 heteroatoms. The number of hydrogen-bond donors (Lipinski definition) is 1. The van der Waals surface area contributed by atoms with E-state index in [1.165, 1.54) is 11.1 Å². The van der Waals surface area contributed by atoms with Gasteiger partial charge < -0.3 is 15.4 Å². The van der Waals surface area contributed by atoms with Crippen LogP contribution in [0.5, 0.6) is 5.75 Å². The van der Waals surface area contributed by atoms with Gasteiger partial charge in [0.05, 0.1) is 6.61 Å². The number of nitrogens with zero attached hydrogens (tertiary/aromatic N) is 1. The van der Waals surface area contributed by atoms with E-state index in [9.17, 15) is 4.79 Å². The molecule has 1 aliphatic heterocycles. The minimum atomic E-state index is 0.113. The van der Waals surface area contributed by atoms with Crippen molar-refractivity contribution in [1.82, 2.24) is 4.90 Å². The molecule has 98 valence electrons. The van der Waals surface area contributed by atoms with Crippen molar-refractivity contribution in [2.75, 3.05) is 26.7 Å². The van der Waals surface area contributed by atoms with Crippen LogP contribution in [0.1, 0.15) is 17.5 Å². The second-order valence-corrected chi connectivity index (χ2v) is 4.64. The van der Waals surface area contributed by atoms with E-state index in [4.69, 9.17) is 10.5 Å². The van der Waals surface area contributed by atoms with Crippen molar-refractivity contribution in [1.29, 1.82) is 0 Å². The van der Waals surface area contributed by atoms with Gasteiger partial charge in [-0.05, 0) is 23.6 Å². The summed E-state index contributed by atoms with van der Waals surface area (Å²) in [5, 5.41) is 0. The molecule has 0 unspecified atom stereocenters. The lowest BCUT2D eigenvalue weighted by Crippen LogP contribution is -2.30. The Morgan fingerprint density at radius 2 is 2.33 bits per heavy atom. The second-order valence-electron chi connectivity index (χ2n) is 4.64. The quantitative estimate of drug-likeness (QED) is 0.845. The molecule has 1 aromatic carbocycles. The molecular formula is C14H20N2O2. The molecule has 18 heavy (non-hydrogen) atoms. The van der Waals surface area contributed by atoms with Gasteiger partial charge in [0, 0.05) is 33.0 Å². The van der Waals surface area contributed by atoms with Crippen LogP contribution in [0.2, 0.25) is 0 Å². The third-order valence-corrected chi connectivity index (χ3v) is 3.27. The van der Waals surface area contributed by atoms with Crippen LogP contribution in [0.3, 0.4) is 0 Å². The summed E-state index contributed by atoms with van der Waals surface area (Å²) in [6.07, 6.45) is 2.29. The summed E-state index contributed by atoms with van der Waals surface area (Å²) in [6, 6.07) is 6.29. The Labute approximate surface area is 108 Å². The highest BCUT2D eigenvalue weighted by atomic mass is 16.5. The predicted molar refractivity (Wildman–Crippen MR) is 70.7 cm³/mol. The molecule has 0 saturated heterocycles. The Bertz CT molecular complexity index is 432. The Kier molecular flexibility index (Phi) is 4.20. The molecule has 2 N–H and O–H groups in total. The number of fused-ring (bicyclic) bond motifs is 1. The lowest BCUT2D eigenvalue weighted by Gasteiger charge is -2.16. The van der Waals surface area contributed by atoms with Crippen LogP contribution >= 0.6 is 0 Å². The molecule has 0 atom stereocenters. The fourth-order valence-corrected chi connectivity index (χ4v) is 2.13. The maximum absolute atomic E-state index is 11.6. The molecule has 0 spiro atoms. The van der Waals surface area contributed by atoms with Crippen molar-refractivity contribution < 1.29 is 9.53 Å². The Balaban J connectivity index is 1.88. The molecule has 4 nitrogen and oxygen atoms in total. The fraction of sp³-hybridized carbons (Fsp3) is 0.500. The van der Waals surface area contributed by atoms with Gasteiger partial charge in [0.25, 0.3) is 0 Å². The van der Waals surface area contributed by atoms with Crippen LogP contribution in [0.15, 0.2) is 18.2 Å². The van der Waals surface area contributed by atoms with Crippen molar-refractivity contribution in [3.05, 3.63) is 29.3 Å². The number of rotatable bonds is 5. The Morgan fingerprint density at radius 1 is 1.50 bits per heavy atom. The highest BCUT2D eigenvalue weighted by Crippen LogP contribution is 2.25. The van der Waals surface area contributed by atoms with Crippen molar-refractivity contribution in [3.8, 4) is 5.75 Å². The number of carbonyl (C=O) groups is 1. The summed E-state index contributed by atoms with van der Waals surface area (Å²) in [5.41, 5.74) is 7.91. The molecule has 2 rings (SSSR count). The third-order valence-electron chi connectivity index (χ3n) is 3.27. The minimum absolute atomic E-state index is 0.113. The number of hydrogen-bond acceptors (Lipinski definition) is 3. The van der Waals surface area contributed by atoms with Crippen molar-refractivity contribution in [2.45, 2.75) is 19.3 Å². The van der Waals surface area contributed by atoms with Gasteiger partial charge >= 0.3 is 0 Å². The number of amides is 1. The van der Waals surface area contributed by atoms with E-state index >= 15 is 0 Å². The maximum Gasteiger partial charge on any atom is 0.223 e. The highest BCUT2D eigenvalue weighted by Gasteiger charge is 2.12. The smallest absolute Gasteiger partial charge is 0.223 e. The third kappa shape index (κ3) is 3.01. The largest absolute Gasteiger partial charge is 0.493 e. The fourth-order valence-electron chi connectivity index (χ4n) is 2.13. The van der Waals surface area contributed by atoms with Crippen molar-refractivity contribution in [2.24, 2.45) is 5.73 Å². The van der Waals surface area contributed by atoms with E-state index in [1.54, 1.807) is 4.90 Å². The van der Waals surface area contributed by atoms with Gasteiger partial charge in [-0.3, -0.25) is 4.79 Å². The molecule has 1 aliphatic rings. The van der Waals surface area contributed by atoms with E-state index in [-0.39, 0.29) is 5.91 Å². The summed E-state index contributed by atoms with van der Waals surface area (Å²) in [7, 11) is 1.83. The first-order valence-electron chi connectivity index (χ1n) is 6.39. The second kappa shape index (κ2) is 5.87. The maximum atomic E-state index is 11.6. The van der Waals surface area contributed by atoms with E-state index < -0.39 is 0 Å². The van der Waals surface area contributed by atoms with Gasteiger partial charge in [-0.2, -0.15) is 0 Å². The zero-order valence-corrected chi connectivity index (χ0v) is 10.8. The Morgan fingerprint density at radius 3 is 3.11 bits per heavy atom. The lowest BCUT2D eigenvalue weighted by molar-refractivity contribution is -0.129. The van der Waals surface area contributed by atoms with Gasteiger partial charge in [-0.1, -0.05) is 12.1 Å². The highest BCUT2D eigenvalue weighted by molar-refractivity contribution is 5.76. The van der Waals surface area contributed by atoms with Crippen LogP contribution in [0.4, 0.5) is 0 Å². The number of ether oxygens (including phenoxy) is 1. The summed E-state index contributed by atoms with van der Waals surface area (Å²) in [4.78, 5) is 13.3. The normalized spacial score (nSPS) is 13.0. The topological polar surface area (TPSA) is 55.6 Å². The SMILES string of the molecule is CN(CCc1ccc2c(c1)CCO2)C(=O)CCN. The molecule has 0 fully saturated rings. The standard InChI is InChI=1S/C14H20N2O2/c1-16(14(17)4-7-15)8-5-11-2-3-13-12(10-11)6-9-18-13/h2-3,10H,4-9,15H2,1H3. The summed E-state index contributed by atoms with van der Waals surface area (Å²) in [5.74, 6) is 1.12. The molecular weight excluding hydrogens is 228 g/mol. The number of nitrogens with two attached hydrogens (primary N) is 1. The first kappa shape index (κ1) is 12.9. The Hall–Kier alpha value is -1.55. The first-order valence-corrected chi connectivity index (χ1v) is 6.39. The monoisotopic (exact) mass is 248 g/mol. The molecule has 0 aliphatic carbocycles. The zero-order valence-electron chi connectivity index (χ0n) is 10.8. The van der Waals surface area contributed by atoms with Gasteiger partial charge in [-0.15, -0.1) is 0 Å². The van der Waals surface area contributed by atoms with Crippen molar-refractivity contribution >= 4 is 5.91 Å². The lowest BCUT2D eigenvalue weighted by atomic mass is 10.1. The molecule has 1 heterocycles. The van der Waals surface area contributed by atoms with Crippen molar-refractivity contribution in [3.63, 3.8) is 0 Å². The number of likely N-dealkylation sites (N-methyl/N-ethyl adjacent to an activating group) is 1. The summed E-state index contributed by atoms with van der Waals surface area (Å²) in [6.45, 7) is 1.94. The van der Waals surface area contributed by atoms with E-state index in [0.717, 1.165) is 31.7 Å². The van der Waals surface area contributed by atoms with Gasteiger partial charge in [0.15, 0.2) is 0 Å². The molecule has 1 aromatic rings. The number of carbonyl (C=O) groups excluding carboxylic acids is 1. The van der Waals surface area contributed by atoms with Crippen LogP contribution in [-0.2, 0) is 17.6 Å². The average Bonchev–Trinajstić information content (AvgIpc) is 2.83. The van der Waals surface area contributed by atoms with E-state index in [1.807, 2.05) is 13.1 Å². The molecule has 1 amide bonds. The predicted octanol–water partition coefficient (Wildman–Crippen LogP) is 0.971. The van der Waals surface area contributed by atoms with E-state index in [2.05, 4.69) is 12.1 Å². The van der Waals surface area contributed by atoms with E-state index in [0.29, 0.717) is 13.0 Å². The summed E-state index contributed by atoms with van der Waals surface area (Å²) >= 11 is 0. The number of benzene rings is 1. The van der Waals surface area contributed by atoms with Crippen LogP contribution < -0.4 is 10.5 Å². The first-order chi connectivity index (χ1) is 8.70. The van der Waals surface area contributed by atoms with Gasteiger partial charge in [-0.25, -0.2) is 0 Å². The van der Waals surface area contributed by atoms with Gasteiger partial charge in [0.2, 0.25) is 5.91 Å². The average molecular weight is 248 g/mol. The molecule has 0 saturated carbocycles. The van der Waals surface area contributed by atoms with Crippen LogP contribution in [0.25, 0.3) is 0 Å². The molecule has 0 aromatic heterocycles. The van der Waals surface area contributed by atoms with Gasteiger partial charge in [0.1, 0.15) is 5.75 Å².